The molecule has 0 aliphatic carbocycles. The van der Waals surface area contributed by atoms with Crippen LogP contribution in [0.5, 0.6) is 0 Å². The third-order valence-electron chi connectivity index (χ3n) is 10.2. The minimum absolute atomic E-state index is 0.186. The first-order valence-corrected chi connectivity index (χ1v) is 17.7. The Morgan fingerprint density at radius 2 is 1.06 bits per heavy atom. The van der Waals surface area contributed by atoms with Crippen LogP contribution in [0, 0.1) is 6.92 Å². The van der Waals surface area contributed by atoms with Crippen LogP contribution in [0.2, 0.25) is 0 Å². The number of benzene rings is 5. The van der Waals surface area contributed by atoms with Crippen LogP contribution >= 0.6 is 0 Å². The van der Waals surface area contributed by atoms with Gasteiger partial charge in [0.15, 0.2) is 17.5 Å². The van der Waals surface area contributed by atoms with Crippen molar-refractivity contribution < 1.29 is 0 Å². The molecule has 0 amide bonds. The van der Waals surface area contributed by atoms with Gasteiger partial charge in [0.05, 0.1) is 22.2 Å². The lowest BCUT2D eigenvalue weighted by Gasteiger charge is -2.22. The van der Waals surface area contributed by atoms with Gasteiger partial charge in [0.1, 0.15) is 0 Å². The van der Waals surface area contributed by atoms with Gasteiger partial charge in [0, 0.05) is 63.6 Å². The van der Waals surface area contributed by atoms with Gasteiger partial charge in [-0.1, -0.05) is 115 Å². The molecule has 1 aliphatic rings. The molecule has 7 heteroatoms. The molecule has 7 nitrogen and oxygen atoms in total. The molecule has 0 bridgehead atoms. The Kier molecular flexibility index (Phi) is 7.35. The van der Waals surface area contributed by atoms with Crippen molar-refractivity contribution in [3.05, 3.63) is 163 Å². The predicted molar refractivity (Wildman–Crippen MR) is 213 cm³/mol. The van der Waals surface area contributed by atoms with Crippen LogP contribution in [0.15, 0.2) is 151 Å². The first-order chi connectivity index (χ1) is 26.2. The smallest absolute Gasteiger partial charge is 0.164 e. The van der Waals surface area contributed by atoms with Crippen LogP contribution in [-0.4, -0.2) is 36.1 Å². The largest absolute Gasteiger partial charge is 0.259 e. The van der Waals surface area contributed by atoms with Gasteiger partial charge in [0.2, 0.25) is 0 Å². The lowest BCUT2D eigenvalue weighted by atomic mass is 9.85. The third kappa shape index (κ3) is 5.50. The second-order valence-corrected chi connectivity index (χ2v) is 13.4. The van der Waals surface area contributed by atoms with E-state index in [1.54, 1.807) is 0 Å². The first-order valence-electron chi connectivity index (χ1n) is 17.7. The molecule has 5 aromatic carbocycles. The molecular formula is C46H31N7. The zero-order valence-electron chi connectivity index (χ0n) is 28.8. The topological polar surface area (TPSA) is 89.7 Å². The summed E-state index contributed by atoms with van der Waals surface area (Å²) in [5.41, 5.74) is 12.3. The third-order valence-corrected chi connectivity index (χ3v) is 10.2. The standard InChI is InChI=1S/C46H31N7/c1-28-6-8-33(9-7-28)44-51-45(34-14-10-29(11-15-34)36-22-26-49-42-38(36)20-18-31-4-2-24-47-40(31)42)53-46(52-44)35-16-12-30(13-17-35)37-23-27-50-43-39(37)21-19-32-5-3-25-48-41(32)43/h2-22,24-27,37H,23H2,1H3. The van der Waals surface area contributed by atoms with Gasteiger partial charge in [-0.05, 0) is 53.8 Å². The summed E-state index contributed by atoms with van der Waals surface area (Å²) in [4.78, 5) is 33.8. The fraction of sp³-hybridized carbons (Fsp3) is 0.0652. The van der Waals surface area contributed by atoms with Crippen molar-refractivity contribution in [2.45, 2.75) is 19.3 Å². The summed E-state index contributed by atoms with van der Waals surface area (Å²) in [7, 11) is 0. The molecule has 9 aromatic rings. The lowest BCUT2D eigenvalue weighted by molar-refractivity contribution is 0.853. The van der Waals surface area contributed by atoms with Gasteiger partial charge >= 0.3 is 0 Å². The van der Waals surface area contributed by atoms with Crippen LogP contribution in [0.1, 0.15) is 29.0 Å². The number of hydrogen-bond acceptors (Lipinski definition) is 7. The number of rotatable bonds is 5. The van der Waals surface area contributed by atoms with E-state index in [1.165, 1.54) is 16.7 Å². The fourth-order valence-corrected chi connectivity index (χ4v) is 7.39. The molecule has 0 fully saturated rings. The molecule has 4 aromatic heterocycles. The summed E-state index contributed by atoms with van der Waals surface area (Å²) in [6, 6.07) is 44.1. The van der Waals surface area contributed by atoms with Crippen molar-refractivity contribution in [1.29, 1.82) is 0 Å². The maximum absolute atomic E-state index is 5.05. The lowest BCUT2D eigenvalue weighted by Crippen LogP contribution is -2.07. The zero-order valence-corrected chi connectivity index (χ0v) is 28.8. The summed E-state index contributed by atoms with van der Waals surface area (Å²) in [5.74, 6) is 2.06. The molecular weight excluding hydrogens is 651 g/mol. The molecule has 0 spiro atoms. The number of aryl methyl sites for hydroxylation is 1. The number of nitrogens with zero attached hydrogens (tertiary/aromatic N) is 7. The number of aliphatic imine (C=N–C) groups is 1. The van der Waals surface area contributed by atoms with E-state index >= 15 is 0 Å². The maximum Gasteiger partial charge on any atom is 0.164 e. The molecule has 1 atom stereocenters. The monoisotopic (exact) mass is 681 g/mol. The van der Waals surface area contributed by atoms with Crippen molar-refractivity contribution in [2.75, 3.05) is 0 Å². The Labute approximate surface area is 305 Å². The summed E-state index contributed by atoms with van der Waals surface area (Å²) >= 11 is 0. The van der Waals surface area contributed by atoms with Crippen LogP contribution < -0.4 is 0 Å². The fourth-order valence-electron chi connectivity index (χ4n) is 7.39. The van der Waals surface area contributed by atoms with E-state index in [9.17, 15) is 0 Å². The Bertz CT molecular complexity index is 2860. The normalized spacial score (nSPS) is 13.8. The molecule has 1 aliphatic heterocycles. The Morgan fingerprint density at radius 3 is 1.75 bits per heavy atom. The number of fused-ring (bicyclic) bond motifs is 6. The molecule has 0 saturated heterocycles. The van der Waals surface area contributed by atoms with E-state index in [0.717, 1.165) is 72.6 Å². The van der Waals surface area contributed by atoms with E-state index in [4.69, 9.17) is 24.9 Å². The molecule has 53 heavy (non-hydrogen) atoms. The Balaban J connectivity index is 1.02. The van der Waals surface area contributed by atoms with E-state index in [2.05, 4.69) is 132 Å². The molecule has 0 N–H and O–H groups in total. The first kappa shape index (κ1) is 30.8. The van der Waals surface area contributed by atoms with Crippen LogP contribution in [-0.2, 0) is 0 Å². The number of hydrogen-bond donors (Lipinski definition) is 0. The summed E-state index contributed by atoms with van der Waals surface area (Å²) in [6.07, 6.45) is 8.36. The van der Waals surface area contributed by atoms with Gasteiger partial charge in [-0.3, -0.25) is 19.9 Å². The van der Waals surface area contributed by atoms with Crippen LogP contribution in [0.4, 0.5) is 5.69 Å². The molecule has 10 rings (SSSR count). The van der Waals surface area contributed by atoms with E-state index < -0.39 is 0 Å². The average molecular weight is 682 g/mol. The van der Waals surface area contributed by atoms with Crippen LogP contribution in [0.3, 0.4) is 0 Å². The Morgan fingerprint density at radius 1 is 0.491 bits per heavy atom. The minimum atomic E-state index is 0.186. The van der Waals surface area contributed by atoms with Crippen molar-refractivity contribution in [3.63, 3.8) is 0 Å². The van der Waals surface area contributed by atoms with Crippen LogP contribution in [0.25, 0.3) is 78.0 Å². The van der Waals surface area contributed by atoms with E-state index in [0.29, 0.717) is 17.5 Å². The van der Waals surface area contributed by atoms with Gasteiger partial charge in [0.25, 0.3) is 0 Å². The molecule has 250 valence electrons. The quantitative estimate of drug-likeness (QED) is 0.168. The highest BCUT2D eigenvalue weighted by atomic mass is 15.0. The van der Waals surface area contributed by atoms with Crippen molar-refractivity contribution in [1.82, 2.24) is 29.9 Å². The maximum atomic E-state index is 5.05. The van der Waals surface area contributed by atoms with Crippen molar-refractivity contribution in [3.8, 4) is 45.3 Å². The predicted octanol–water partition coefficient (Wildman–Crippen LogP) is 10.7. The second-order valence-electron chi connectivity index (χ2n) is 13.4. The number of aromatic nitrogens is 6. The summed E-state index contributed by atoms with van der Waals surface area (Å²) < 4.78 is 0. The highest BCUT2D eigenvalue weighted by Gasteiger charge is 2.23. The Hall–Kier alpha value is -6.99. The van der Waals surface area contributed by atoms with Gasteiger partial charge < -0.3 is 0 Å². The van der Waals surface area contributed by atoms with Gasteiger partial charge in [-0.25, -0.2) is 15.0 Å². The van der Waals surface area contributed by atoms with E-state index in [1.807, 2.05) is 36.9 Å². The minimum Gasteiger partial charge on any atom is -0.259 e. The molecule has 0 radical (unpaired) electrons. The van der Waals surface area contributed by atoms with Crippen molar-refractivity contribution >= 4 is 44.6 Å². The molecule has 1 unspecified atom stereocenters. The highest BCUT2D eigenvalue weighted by Crippen LogP contribution is 2.41. The second kappa shape index (κ2) is 12.7. The van der Waals surface area contributed by atoms with Gasteiger partial charge in [-0.15, -0.1) is 0 Å². The van der Waals surface area contributed by atoms with Gasteiger partial charge in [-0.2, -0.15) is 0 Å². The average Bonchev–Trinajstić information content (AvgIpc) is 3.23. The van der Waals surface area contributed by atoms with E-state index in [-0.39, 0.29) is 5.92 Å². The summed E-state index contributed by atoms with van der Waals surface area (Å²) in [5, 5.41) is 3.24. The molecule has 5 heterocycles. The number of pyridine rings is 3. The SMILES string of the molecule is Cc1ccc(-c2nc(-c3ccc(-c4ccnc5c4ccc4cccnc45)cc3)nc(-c3ccc(C4CC=Nc5c4ccc4cccnc54)cc3)n2)cc1. The summed E-state index contributed by atoms with van der Waals surface area (Å²) in [6.45, 7) is 2.08. The highest BCUT2D eigenvalue weighted by molar-refractivity contribution is 6.08. The van der Waals surface area contributed by atoms with Crippen molar-refractivity contribution in [2.24, 2.45) is 4.99 Å². The molecule has 0 saturated carbocycles. The zero-order chi connectivity index (χ0) is 35.3.